The largest absolute Gasteiger partial charge is 0.497 e. The van der Waals surface area contributed by atoms with Gasteiger partial charge in [0.2, 0.25) is 5.88 Å². The highest BCUT2D eigenvalue weighted by molar-refractivity contribution is 6.13. The van der Waals surface area contributed by atoms with E-state index in [-0.39, 0.29) is 28.3 Å². The molecule has 8 nitrogen and oxygen atoms in total. The first-order valence-corrected chi connectivity index (χ1v) is 7.27. The summed E-state index contributed by atoms with van der Waals surface area (Å²) >= 11 is 0. The van der Waals surface area contributed by atoms with E-state index in [0.29, 0.717) is 11.5 Å². The lowest BCUT2D eigenvalue weighted by Crippen LogP contribution is -2.19. The summed E-state index contributed by atoms with van der Waals surface area (Å²) in [6, 6.07) is 4.59. The maximum atomic E-state index is 12.5. The van der Waals surface area contributed by atoms with Gasteiger partial charge in [-0.05, 0) is 26.0 Å². The summed E-state index contributed by atoms with van der Waals surface area (Å²) in [6.07, 6.45) is 0. The number of amides is 2. The van der Waals surface area contributed by atoms with Gasteiger partial charge in [0.25, 0.3) is 11.8 Å². The molecule has 0 aliphatic carbocycles. The Labute approximate surface area is 143 Å². The Morgan fingerprint density at radius 3 is 2.04 bits per heavy atom. The summed E-state index contributed by atoms with van der Waals surface area (Å²) in [5.41, 5.74) is 5.43. The van der Waals surface area contributed by atoms with E-state index < -0.39 is 17.6 Å². The van der Waals surface area contributed by atoms with Crippen LogP contribution in [-0.4, -0.2) is 31.8 Å². The predicted molar refractivity (Wildman–Crippen MR) is 89.5 cm³/mol. The van der Waals surface area contributed by atoms with Crippen molar-refractivity contribution in [3.8, 4) is 11.5 Å². The van der Waals surface area contributed by atoms with Crippen LogP contribution in [-0.2, 0) is 0 Å². The van der Waals surface area contributed by atoms with Crippen molar-refractivity contribution in [1.29, 1.82) is 0 Å². The molecule has 1 aromatic carbocycles. The molecule has 1 aromatic heterocycles. The summed E-state index contributed by atoms with van der Waals surface area (Å²) < 4.78 is 15.6. The lowest BCUT2D eigenvalue weighted by atomic mass is 10.1. The summed E-state index contributed by atoms with van der Waals surface area (Å²) in [4.78, 5) is 35.9. The fourth-order valence-corrected chi connectivity index (χ4v) is 2.41. The molecule has 0 radical (unpaired) electrons. The number of anilines is 1. The standard InChI is InChI=1S/C17H18N2O6/c1-8(20)13-9(2)25-17(14(13)15(18)21)19-16(22)10-5-11(23-3)7-12(6-10)24-4/h5-7H,1-4H3,(H2,18,21)(H,19,22). The second kappa shape index (κ2) is 7.08. The van der Waals surface area contributed by atoms with E-state index >= 15 is 0 Å². The molecule has 2 aromatic rings. The third-order valence-electron chi connectivity index (χ3n) is 3.52. The number of ether oxygens (including phenoxy) is 2. The van der Waals surface area contributed by atoms with Gasteiger partial charge in [0.15, 0.2) is 5.78 Å². The van der Waals surface area contributed by atoms with Crippen molar-refractivity contribution in [2.75, 3.05) is 19.5 Å². The minimum atomic E-state index is -0.874. The third-order valence-corrected chi connectivity index (χ3v) is 3.52. The number of benzene rings is 1. The van der Waals surface area contributed by atoms with E-state index in [4.69, 9.17) is 19.6 Å². The number of furan rings is 1. The Morgan fingerprint density at radius 2 is 1.60 bits per heavy atom. The minimum Gasteiger partial charge on any atom is -0.497 e. The molecule has 25 heavy (non-hydrogen) atoms. The molecule has 0 spiro atoms. The van der Waals surface area contributed by atoms with Crippen molar-refractivity contribution in [1.82, 2.24) is 0 Å². The summed E-state index contributed by atoms with van der Waals surface area (Å²) in [6.45, 7) is 2.79. The minimum absolute atomic E-state index is 0.0472. The van der Waals surface area contributed by atoms with E-state index in [1.807, 2.05) is 0 Å². The fourth-order valence-electron chi connectivity index (χ4n) is 2.41. The fraction of sp³-hybridized carbons (Fsp3) is 0.235. The van der Waals surface area contributed by atoms with Gasteiger partial charge in [0.1, 0.15) is 22.8 Å². The first-order chi connectivity index (χ1) is 11.8. The zero-order valence-electron chi connectivity index (χ0n) is 14.3. The zero-order chi connectivity index (χ0) is 18.7. The average Bonchev–Trinajstić information content (AvgIpc) is 2.90. The molecular weight excluding hydrogens is 328 g/mol. The summed E-state index contributed by atoms with van der Waals surface area (Å²) in [5.74, 6) is -0.996. The van der Waals surface area contributed by atoms with Crippen LogP contribution < -0.4 is 20.5 Å². The van der Waals surface area contributed by atoms with Crippen LogP contribution in [0.2, 0.25) is 0 Å². The van der Waals surface area contributed by atoms with Crippen molar-refractivity contribution >= 4 is 23.5 Å². The van der Waals surface area contributed by atoms with Crippen LogP contribution >= 0.6 is 0 Å². The number of ketones is 1. The second-order valence-electron chi connectivity index (χ2n) is 5.21. The lowest BCUT2D eigenvalue weighted by molar-refractivity contribution is 0.0974. The molecule has 8 heteroatoms. The maximum absolute atomic E-state index is 12.5. The number of nitrogens with one attached hydrogen (secondary N) is 1. The first-order valence-electron chi connectivity index (χ1n) is 7.27. The van der Waals surface area contributed by atoms with Crippen LogP contribution in [0.3, 0.4) is 0 Å². The number of nitrogens with two attached hydrogens (primary N) is 1. The molecule has 3 N–H and O–H groups in total. The highest BCUT2D eigenvalue weighted by atomic mass is 16.5. The number of hydrogen-bond donors (Lipinski definition) is 2. The van der Waals surface area contributed by atoms with Gasteiger partial charge < -0.3 is 19.6 Å². The van der Waals surface area contributed by atoms with Gasteiger partial charge in [-0.3, -0.25) is 19.7 Å². The van der Waals surface area contributed by atoms with Crippen LogP contribution in [0.25, 0.3) is 0 Å². The molecule has 0 bridgehead atoms. The van der Waals surface area contributed by atoms with Gasteiger partial charge in [-0.15, -0.1) is 0 Å². The third kappa shape index (κ3) is 3.63. The lowest BCUT2D eigenvalue weighted by Gasteiger charge is -2.08. The highest BCUT2D eigenvalue weighted by Crippen LogP contribution is 2.29. The average molecular weight is 346 g/mol. The van der Waals surface area contributed by atoms with Crippen LogP contribution in [0, 0.1) is 6.92 Å². The molecule has 0 saturated carbocycles. The number of carbonyl (C=O) groups is 3. The maximum Gasteiger partial charge on any atom is 0.258 e. The molecule has 2 amide bonds. The molecule has 0 saturated heterocycles. The molecule has 0 aliphatic rings. The molecule has 1 heterocycles. The van der Waals surface area contributed by atoms with Gasteiger partial charge in [0, 0.05) is 11.6 Å². The molecule has 0 unspecified atom stereocenters. The molecule has 132 valence electrons. The zero-order valence-corrected chi connectivity index (χ0v) is 14.3. The van der Waals surface area contributed by atoms with Crippen LogP contribution in [0.1, 0.15) is 43.8 Å². The second-order valence-corrected chi connectivity index (χ2v) is 5.21. The SMILES string of the molecule is COc1cc(OC)cc(C(=O)Nc2oc(C)c(C(C)=O)c2C(N)=O)c1. The van der Waals surface area contributed by atoms with Gasteiger partial charge in [0.05, 0.1) is 19.8 Å². The Bertz CT molecular complexity index is 831. The van der Waals surface area contributed by atoms with Crippen molar-refractivity contribution in [3.63, 3.8) is 0 Å². The number of hydrogen-bond acceptors (Lipinski definition) is 6. The molecule has 2 rings (SSSR count). The molecular formula is C17H18N2O6. The van der Waals surface area contributed by atoms with E-state index in [9.17, 15) is 14.4 Å². The number of Topliss-reactive ketones (excluding diaryl/α,β-unsaturated/α-hetero) is 1. The van der Waals surface area contributed by atoms with E-state index in [2.05, 4.69) is 5.32 Å². The van der Waals surface area contributed by atoms with Crippen molar-refractivity contribution in [3.05, 3.63) is 40.6 Å². The topological polar surface area (TPSA) is 121 Å². The highest BCUT2D eigenvalue weighted by Gasteiger charge is 2.26. The molecule has 0 fully saturated rings. The smallest absolute Gasteiger partial charge is 0.258 e. The van der Waals surface area contributed by atoms with Crippen molar-refractivity contribution < 1.29 is 28.3 Å². The van der Waals surface area contributed by atoms with Gasteiger partial charge in [-0.1, -0.05) is 0 Å². The monoisotopic (exact) mass is 346 g/mol. The van der Waals surface area contributed by atoms with Crippen molar-refractivity contribution in [2.45, 2.75) is 13.8 Å². The number of methoxy groups -OCH3 is 2. The predicted octanol–water partition coefficient (Wildman–Crippen LogP) is 2.16. The number of aryl methyl sites for hydroxylation is 1. The Kier molecular flexibility index (Phi) is 5.11. The normalized spacial score (nSPS) is 10.2. The summed E-state index contributed by atoms with van der Waals surface area (Å²) in [5, 5.41) is 2.46. The van der Waals surface area contributed by atoms with Crippen molar-refractivity contribution in [2.24, 2.45) is 5.73 Å². The first kappa shape index (κ1) is 18.1. The van der Waals surface area contributed by atoms with Crippen LogP contribution in [0.15, 0.2) is 22.6 Å². The van der Waals surface area contributed by atoms with Gasteiger partial charge >= 0.3 is 0 Å². The number of primary amides is 1. The molecule has 0 atom stereocenters. The van der Waals surface area contributed by atoms with Gasteiger partial charge in [-0.25, -0.2) is 0 Å². The Hall–Kier alpha value is -3.29. The van der Waals surface area contributed by atoms with E-state index in [1.165, 1.54) is 40.2 Å². The van der Waals surface area contributed by atoms with E-state index in [1.54, 1.807) is 6.07 Å². The Balaban J connectivity index is 2.43. The summed E-state index contributed by atoms with van der Waals surface area (Å²) in [7, 11) is 2.91. The quantitative estimate of drug-likeness (QED) is 0.773. The number of rotatable bonds is 6. The number of carbonyl (C=O) groups excluding carboxylic acids is 3. The van der Waals surface area contributed by atoms with Crippen LogP contribution in [0.4, 0.5) is 5.88 Å². The van der Waals surface area contributed by atoms with Gasteiger partial charge in [-0.2, -0.15) is 0 Å². The van der Waals surface area contributed by atoms with Crippen LogP contribution in [0.5, 0.6) is 11.5 Å². The molecule has 0 aliphatic heterocycles. The Morgan fingerprint density at radius 1 is 1.04 bits per heavy atom. The van der Waals surface area contributed by atoms with E-state index in [0.717, 1.165) is 0 Å².